The molecule has 4 nitrogen and oxygen atoms in total. The minimum Gasteiger partial charge on any atom is -0.465 e. The van der Waals surface area contributed by atoms with Crippen molar-refractivity contribution in [1.82, 2.24) is 4.57 Å². The number of ether oxygens (including phenoxy) is 1. The summed E-state index contributed by atoms with van der Waals surface area (Å²) in [6.45, 7) is 1.73. The zero-order valence-corrected chi connectivity index (χ0v) is 15.0. The third-order valence-corrected chi connectivity index (χ3v) is 5.10. The first kappa shape index (κ1) is 18.3. The van der Waals surface area contributed by atoms with E-state index in [1.165, 1.54) is 19.2 Å². The van der Waals surface area contributed by atoms with Crippen LogP contribution in [0.4, 0.5) is 13.2 Å². The summed E-state index contributed by atoms with van der Waals surface area (Å²) in [4.78, 5) is 11.6. The van der Waals surface area contributed by atoms with Gasteiger partial charge in [-0.2, -0.15) is 13.2 Å². The number of rotatable bonds is 2. The normalized spacial score (nSPS) is 18.9. The van der Waals surface area contributed by atoms with Gasteiger partial charge in [-0.05, 0) is 42.3 Å². The van der Waals surface area contributed by atoms with Crippen LogP contribution in [-0.2, 0) is 10.5 Å². The molecule has 3 aromatic rings. The number of halogens is 3. The lowest BCUT2D eigenvalue weighted by Crippen LogP contribution is -2.44. The standard InChI is InChI=1S/C21H16F3NO3/c1-12-15-5-3-4-6-17(15)25-18(12)16(11-20(25,27)21(22,23)24)13-7-9-14(10-8-13)19(26)28-2/h3-11,27H,1-2H3. The highest BCUT2D eigenvalue weighted by Crippen LogP contribution is 2.49. The molecule has 2 heterocycles. The molecule has 0 aliphatic carbocycles. The lowest BCUT2D eigenvalue weighted by molar-refractivity contribution is -0.272. The average molecular weight is 387 g/mol. The van der Waals surface area contributed by atoms with Crippen molar-refractivity contribution in [2.45, 2.75) is 18.8 Å². The van der Waals surface area contributed by atoms with Crippen molar-refractivity contribution in [1.29, 1.82) is 0 Å². The molecule has 4 rings (SSSR count). The van der Waals surface area contributed by atoms with Gasteiger partial charge in [0.1, 0.15) is 0 Å². The van der Waals surface area contributed by atoms with E-state index in [4.69, 9.17) is 0 Å². The number of esters is 1. The van der Waals surface area contributed by atoms with Crippen LogP contribution in [0.25, 0.3) is 16.5 Å². The zero-order valence-electron chi connectivity index (χ0n) is 15.0. The maximum absolute atomic E-state index is 13.9. The topological polar surface area (TPSA) is 51.5 Å². The van der Waals surface area contributed by atoms with Gasteiger partial charge in [-0.25, -0.2) is 4.79 Å². The summed E-state index contributed by atoms with van der Waals surface area (Å²) in [6, 6.07) is 12.7. The molecule has 0 bridgehead atoms. The van der Waals surface area contributed by atoms with E-state index in [2.05, 4.69) is 4.74 Å². The van der Waals surface area contributed by atoms with Crippen LogP contribution in [0, 0.1) is 6.92 Å². The van der Waals surface area contributed by atoms with Crippen molar-refractivity contribution in [3.05, 3.63) is 77.0 Å². The number of benzene rings is 2. The molecule has 1 atom stereocenters. The largest absolute Gasteiger partial charge is 0.465 e. The Morgan fingerprint density at radius 3 is 2.36 bits per heavy atom. The third kappa shape index (κ3) is 2.39. The average Bonchev–Trinajstić information content (AvgIpc) is 3.16. The molecular formula is C21H16F3NO3. The van der Waals surface area contributed by atoms with E-state index in [1.807, 2.05) is 0 Å². The van der Waals surface area contributed by atoms with Gasteiger partial charge in [-0.3, -0.25) is 0 Å². The summed E-state index contributed by atoms with van der Waals surface area (Å²) in [6.07, 6.45) is -4.08. The molecule has 0 saturated heterocycles. The van der Waals surface area contributed by atoms with Crippen LogP contribution < -0.4 is 0 Å². The van der Waals surface area contributed by atoms with Gasteiger partial charge in [0.05, 0.1) is 23.9 Å². The maximum Gasteiger partial charge on any atom is 0.441 e. The molecule has 28 heavy (non-hydrogen) atoms. The van der Waals surface area contributed by atoms with E-state index in [-0.39, 0.29) is 11.1 Å². The smallest absolute Gasteiger partial charge is 0.441 e. The first-order valence-electron chi connectivity index (χ1n) is 8.50. The molecule has 0 fully saturated rings. The number of aryl methyl sites for hydroxylation is 1. The fourth-order valence-electron chi connectivity index (χ4n) is 3.74. The quantitative estimate of drug-likeness (QED) is 0.664. The summed E-state index contributed by atoms with van der Waals surface area (Å²) in [7, 11) is 1.25. The highest BCUT2D eigenvalue weighted by atomic mass is 19.4. The second-order valence-corrected chi connectivity index (χ2v) is 6.68. The number of hydrogen-bond acceptors (Lipinski definition) is 3. The van der Waals surface area contributed by atoms with Crippen LogP contribution in [0.5, 0.6) is 0 Å². The van der Waals surface area contributed by atoms with Gasteiger partial charge in [-0.15, -0.1) is 0 Å². The van der Waals surface area contributed by atoms with Crippen molar-refractivity contribution >= 4 is 22.4 Å². The van der Waals surface area contributed by atoms with Gasteiger partial charge < -0.3 is 14.4 Å². The summed E-state index contributed by atoms with van der Waals surface area (Å²) < 4.78 is 47.2. The first-order chi connectivity index (χ1) is 13.2. The molecule has 0 amide bonds. The first-order valence-corrected chi connectivity index (χ1v) is 8.50. The number of para-hydroxylation sites is 1. The number of alkyl halides is 3. The lowest BCUT2D eigenvalue weighted by Gasteiger charge is -2.27. The minimum absolute atomic E-state index is 0.255. The predicted octanol–water partition coefficient (Wildman–Crippen LogP) is 4.39. The number of nitrogens with zero attached hydrogens (tertiary/aromatic N) is 1. The molecule has 1 aliphatic rings. The summed E-state index contributed by atoms with van der Waals surface area (Å²) in [5.74, 6) is -0.538. The SMILES string of the molecule is COC(=O)c1ccc(C2=CC(O)(C(F)(F)F)n3c2c(C)c2ccccc23)cc1. The second-order valence-electron chi connectivity index (χ2n) is 6.68. The van der Waals surface area contributed by atoms with Crippen molar-refractivity contribution < 1.29 is 27.8 Å². The summed E-state index contributed by atoms with van der Waals surface area (Å²) in [5, 5.41) is 11.3. The lowest BCUT2D eigenvalue weighted by atomic mass is 9.98. The van der Waals surface area contributed by atoms with E-state index in [0.717, 1.165) is 10.6 Å². The molecule has 7 heteroatoms. The Kier molecular flexibility index (Phi) is 3.90. The molecular weight excluding hydrogens is 371 g/mol. The predicted molar refractivity (Wildman–Crippen MR) is 97.8 cm³/mol. The Hall–Kier alpha value is -3.06. The number of aliphatic hydroxyl groups is 1. The van der Waals surface area contributed by atoms with Crippen molar-refractivity contribution in [3.8, 4) is 0 Å². The molecule has 1 N–H and O–H groups in total. The Balaban J connectivity index is 1.98. The van der Waals surface area contributed by atoms with E-state index in [0.29, 0.717) is 27.7 Å². The van der Waals surface area contributed by atoms with Gasteiger partial charge >= 0.3 is 12.1 Å². The number of fused-ring (bicyclic) bond motifs is 3. The second kappa shape index (κ2) is 5.97. The molecule has 1 aliphatic heterocycles. The molecule has 1 aromatic heterocycles. The summed E-state index contributed by atoms with van der Waals surface area (Å²) >= 11 is 0. The van der Waals surface area contributed by atoms with Gasteiger partial charge in [0.2, 0.25) is 0 Å². The Bertz CT molecular complexity index is 1130. The zero-order chi connectivity index (χ0) is 20.3. The molecule has 0 spiro atoms. The Morgan fingerprint density at radius 1 is 1.11 bits per heavy atom. The van der Waals surface area contributed by atoms with Gasteiger partial charge in [0.15, 0.2) is 0 Å². The van der Waals surface area contributed by atoms with Crippen LogP contribution in [0.15, 0.2) is 54.6 Å². The van der Waals surface area contributed by atoms with Crippen molar-refractivity contribution in [2.75, 3.05) is 7.11 Å². The minimum atomic E-state index is -4.91. The number of carbonyl (C=O) groups excluding carboxylic acids is 1. The molecule has 2 aromatic carbocycles. The van der Waals surface area contributed by atoms with Crippen LogP contribution in [0.1, 0.15) is 27.2 Å². The number of carbonyl (C=O) groups is 1. The van der Waals surface area contributed by atoms with Crippen LogP contribution in [-0.4, -0.2) is 28.9 Å². The molecule has 0 saturated carbocycles. The number of hydrogen-bond donors (Lipinski definition) is 1. The number of methoxy groups -OCH3 is 1. The highest BCUT2D eigenvalue weighted by Gasteiger charge is 2.58. The van der Waals surface area contributed by atoms with Crippen LogP contribution in [0.2, 0.25) is 0 Å². The molecule has 0 radical (unpaired) electrons. The van der Waals surface area contributed by atoms with Gasteiger partial charge in [0.25, 0.3) is 5.72 Å². The highest BCUT2D eigenvalue weighted by molar-refractivity contribution is 5.96. The fraction of sp³-hybridized carbons (Fsp3) is 0.190. The Labute approximate surface area is 158 Å². The van der Waals surface area contributed by atoms with Crippen molar-refractivity contribution in [3.63, 3.8) is 0 Å². The van der Waals surface area contributed by atoms with E-state index < -0.39 is 17.9 Å². The third-order valence-electron chi connectivity index (χ3n) is 5.10. The Morgan fingerprint density at radius 2 is 1.75 bits per heavy atom. The fourth-order valence-corrected chi connectivity index (χ4v) is 3.74. The van der Waals surface area contributed by atoms with Gasteiger partial charge in [0, 0.05) is 11.0 Å². The van der Waals surface area contributed by atoms with Crippen molar-refractivity contribution in [2.24, 2.45) is 0 Å². The van der Waals surface area contributed by atoms with E-state index in [9.17, 15) is 23.1 Å². The summed E-state index contributed by atoms with van der Waals surface area (Å²) in [5.41, 5.74) is -0.927. The van der Waals surface area contributed by atoms with Gasteiger partial charge in [-0.1, -0.05) is 30.3 Å². The van der Waals surface area contributed by atoms with E-state index >= 15 is 0 Å². The number of aromatic nitrogens is 1. The monoisotopic (exact) mass is 387 g/mol. The van der Waals surface area contributed by atoms with Crippen LogP contribution in [0.3, 0.4) is 0 Å². The van der Waals surface area contributed by atoms with Crippen LogP contribution >= 0.6 is 0 Å². The molecule has 1 unspecified atom stereocenters. The molecule has 144 valence electrons. The van der Waals surface area contributed by atoms with E-state index in [1.54, 1.807) is 43.3 Å². The maximum atomic E-state index is 13.9.